The molecule has 112 valence electrons. The van der Waals surface area contributed by atoms with Gasteiger partial charge in [-0.25, -0.2) is 9.78 Å². The molecule has 1 amide bonds. The molecule has 1 atom stereocenters. The minimum absolute atomic E-state index is 0.312. The highest BCUT2D eigenvalue weighted by Gasteiger charge is 2.24. The van der Waals surface area contributed by atoms with Crippen LogP contribution in [0, 0.1) is 0 Å². The molecule has 0 aliphatic carbocycles. The molecule has 0 aliphatic rings. The highest BCUT2D eigenvalue weighted by atomic mass is 16.4. The summed E-state index contributed by atoms with van der Waals surface area (Å²) in [7, 11) is 0. The maximum Gasteiger partial charge on any atom is 0.328 e. The van der Waals surface area contributed by atoms with E-state index >= 15 is 0 Å². The normalized spacial score (nSPS) is 12.3. The van der Waals surface area contributed by atoms with Crippen LogP contribution >= 0.6 is 0 Å². The van der Waals surface area contributed by atoms with Crippen LogP contribution in [0.4, 0.5) is 0 Å². The summed E-state index contributed by atoms with van der Waals surface area (Å²) in [6.45, 7) is 1.31. The van der Waals surface area contributed by atoms with Crippen molar-refractivity contribution in [1.82, 2.24) is 14.7 Å². The SMILES string of the molecule is CCCc1nc2ccccn2c1C(=O)NC(CO)C(=O)O. The summed E-state index contributed by atoms with van der Waals surface area (Å²) >= 11 is 0. The summed E-state index contributed by atoms with van der Waals surface area (Å²) < 4.78 is 1.62. The molecule has 2 heterocycles. The van der Waals surface area contributed by atoms with Crippen LogP contribution in [-0.4, -0.2) is 44.1 Å². The van der Waals surface area contributed by atoms with Crippen LogP contribution in [0.25, 0.3) is 5.65 Å². The van der Waals surface area contributed by atoms with Gasteiger partial charge in [-0.2, -0.15) is 0 Å². The van der Waals surface area contributed by atoms with Crippen molar-refractivity contribution in [2.24, 2.45) is 0 Å². The molecule has 2 rings (SSSR count). The molecule has 21 heavy (non-hydrogen) atoms. The third-order valence-electron chi connectivity index (χ3n) is 3.09. The number of carboxylic acids is 1. The van der Waals surface area contributed by atoms with E-state index in [-0.39, 0.29) is 0 Å². The number of fused-ring (bicyclic) bond motifs is 1. The number of carboxylic acid groups (broad SMARTS) is 1. The number of imidazole rings is 1. The molecular weight excluding hydrogens is 274 g/mol. The largest absolute Gasteiger partial charge is 0.480 e. The summed E-state index contributed by atoms with van der Waals surface area (Å²) in [5, 5.41) is 20.2. The number of hydrogen-bond acceptors (Lipinski definition) is 4. The fourth-order valence-corrected chi connectivity index (χ4v) is 2.11. The number of hydrogen-bond donors (Lipinski definition) is 3. The molecule has 7 heteroatoms. The van der Waals surface area contributed by atoms with E-state index in [1.54, 1.807) is 22.7 Å². The zero-order valence-corrected chi connectivity index (χ0v) is 11.6. The summed E-state index contributed by atoms with van der Waals surface area (Å²) in [6, 6.07) is 4.02. The Bertz CT molecular complexity index is 665. The lowest BCUT2D eigenvalue weighted by molar-refractivity contribution is -0.140. The standard InChI is InChI=1S/C14H17N3O4/c1-2-5-9-12(13(19)16-10(8-18)14(20)21)17-7-4-3-6-11(17)15-9/h3-4,6-7,10,18H,2,5,8H2,1H3,(H,16,19)(H,20,21). The Morgan fingerprint density at radius 2 is 2.19 bits per heavy atom. The first-order valence-corrected chi connectivity index (χ1v) is 6.69. The second-order valence-corrected chi connectivity index (χ2v) is 4.63. The number of aliphatic hydroxyl groups is 1. The minimum Gasteiger partial charge on any atom is -0.480 e. The highest BCUT2D eigenvalue weighted by molar-refractivity contribution is 5.97. The predicted molar refractivity (Wildman–Crippen MR) is 75.2 cm³/mol. The maximum atomic E-state index is 12.3. The Hall–Kier alpha value is -2.41. The predicted octanol–water partition coefficient (Wildman–Crippen LogP) is 0.462. The maximum absolute atomic E-state index is 12.3. The van der Waals surface area contributed by atoms with Crippen molar-refractivity contribution in [2.45, 2.75) is 25.8 Å². The average molecular weight is 291 g/mol. The van der Waals surface area contributed by atoms with E-state index in [2.05, 4.69) is 10.3 Å². The fourth-order valence-electron chi connectivity index (χ4n) is 2.11. The van der Waals surface area contributed by atoms with Crippen LogP contribution in [-0.2, 0) is 11.2 Å². The quantitative estimate of drug-likeness (QED) is 0.717. The van der Waals surface area contributed by atoms with Crippen LogP contribution in [0.2, 0.25) is 0 Å². The molecule has 0 fully saturated rings. The number of aliphatic carboxylic acids is 1. The first kappa shape index (κ1) is 15.0. The van der Waals surface area contributed by atoms with Crippen molar-refractivity contribution in [1.29, 1.82) is 0 Å². The minimum atomic E-state index is -1.33. The first-order valence-electron chi connectivity index (χ1n) is 6.69. The molecule has 2 aromatic rings. The van der Waals surface area contributed by atoms with E-state index in [1.165, 1.54) is 0 Å². The topological polar surface area (TPSA) is 104 Å². The van der Waals surface area contributed by atoms with Gasteiger partial charge in [0.15, 0.2) is 6.04 Å². The molecular formula is C14H17N3O4. The average Bonchev–Trinajstić information content (AvgIpc) is 2.82. The Kier molecular flexibility index (Phi) is 4.54. The van der Waals surface area contributed by atoms with E-state index in [1.807, 2.05) is 13.0 Å². The number of aryl methyl sites for hydroxylation is 1. The van der Waals surface area contributed by atoms with E-state index < -0.39 is 24.5 Å². The molecule has 3 N–H and O–H groups in total. The Balaban J connectivity index is 2.41. The summed E-state index contributed by atoms with van der Waals surface area (Å²) in [5.41, 5.74) is 1.55. The van der Waals surface area contributed by atoms with Crippen molar-refractivity contribution < 1.29 is 19.8 Å². The number of rotatable bonds is 6. The smallest absolute Gasteiger partial charge is 0.328 e. The summed E-state index contributed by atoms with van der Waals surface area (Å²) in [4.78, 5) is 27.6. The van der Waals surface area contributed by atoms with Crippen LogP contribution in [0.5, 0.6) is 0 Å². The highest BCUT2D eigenvalue weighted by Crippen LogP contribution is 2.14. The van der Waals surface area contributed by atoms with E-state index in [0.29, 0.717) is 23.5 Å². The van der Waals surface area contributed by atoms with Gasteiger partial charge in [0, 0.05) is 6.20 Å². The van der Waals surface area contributed by atoms with Gasteiger partial charge in [-0.05, 0) is 18.6 Å². The van der Waals surface area contributed by atoms with Gasteiger partial charge in [-0.15, -0.1) is 0 Å². The summed E-state index contributed by atoms with van der Waals surface area (Å²) in [5.74, 6) is -1.84. The van der Waals surface area contributed by atoms with Crippen LogP contribution in [0.3, 0.4) is 0 Å². The van der Waals surface area contributed by atoms with E-state index in [9.17, 15) is 9.59 Å². The number of carbonyl (C=O) groups excluding carboxylic acids is 1. The van der Waals surface area contributed by atoms with E-state index in [0.717, 1.165) is 6.42 Å². The molecule has 0 saturated carbocycles. The van der Waals surface area contributed by atoms with Gasteiger partial charge in [0.25, 0.3) is 5.91 Å². The van der Waals surface area contributed by atoms with Gasteiger partial charge in [-0.3, -0.25) is 9.20 Å². The number of pyridine rings is 1. The van der Waals surface area contributed by atoms with Gasteiger partial charge in [0.05, 0.1) is 12.3 Å². The van der Waals surface area contributed by atoms with Crippen molar-refractivity contribution >= 4 is 17.5 Å². The number of aromatic nitrogens is 2. The van der Waals surface area contributed by atoms with Crippen LogP contribution < -0.4 is 5.32 Å². The van der Waals surface area contributed by atoms with Gasteiger partial charge in [-0.1, -0.05) is 19.4 Å². The molecule has 0 aliphatic heterocycles. The number of amides is 1. The molecule has 0 radical (unpaired) electrons. The van der Waals surface area contributed by atoms with Gasteiger partial charge in [0.1, 0.15) is 11.3 Å². The molecule has 2 aromatic heterocycles. The molecule has 1 unspecified atom stereocenters. The monoisotopic (exact) mass is 291 g/mol. The number of carbonyl (C=O) groups is 2. The van der Waals surface area contributed by atoms with Crippen molar-refractivity contribution in [3.63, 3.8) is 0 Å². The number of aliphatic hydroxyl groups excluding tert-OH is 1. The van der Waals surface area contributed by atoms with Crippen molar-refractivity contribution in [2.75, 3.05) is 6.61 Å². The molecule has 7 nitrogen and oxygen atoms in total. The van der Waals surface area contributed by atoms with Gasteiger partial charge >= 0.3 is 5.97 Å². The number of nitrogens with one attached hydrogen (secondary N) is 1. The van der Waals surface area contributed by atoms with Crippen LogP contribution in [0.15, 0.2) is 24.4 Å². The lowest BCUT2D eigenvalue weighted by Crippen LogP contribution is -2.43. The third kappa shape index (κ3) is 3.03. The molecule has 0 saturated heterocycles. The number of nitrogens with zero attached hydrogens (tertiary/aromatic N) is 2. The zero-order chi connectivity index (χ0) is 15.4. The third-order valence-corrected chi connectivity index (χ3v) is 3.09. The van der Waals surface area contributed by atoms with Crippen molar-refractivity contribution in [3.05, 3.63) is 35.8 Å². The Labute approximate surface area is 121 Å². The Morgan fingerprint density at radius 1 is 1.43 bits per heavy atom. The fraction of sp³-hybridized carbons (Fsp3) is 0.357. The summed E-state index contributed by atoms with van der Waals surface area (Å²) in [6.07, 6.45) is 3.12. The molecule has 0 spiro atoms. The van der Waals surface area contributed by atoms with Crippen LogP contribution in [0.1, 0.15) is 29.5 Å². The van der Waals surface area contributed by atoms with Gasteiger partial charge in [0.2, 0.25) is 0 Å². The zero-order valence-electron chi connectivity index (χ0n) is 11.6. The first-order chi connectivity index (χ1) is 10.1. The second kappa shape index (κ2) is 6.36. The lowest BCUT2D eigenvalue weighted by Gasteiger charge is -2.12. The van der Waals surface area contributed by atoms with Gasteiger partial charge < -0.3 is 15.5 Å². The lowest BCUT2D eigenvalue weighted by atomic mass is 10.2. The van der Waals surface area contributed by atoms with E-state index in [4.69, 9.17) is 10.2 Å². The Morgan fingerprint density at radius 3 is 2.81 bits per heavy atom. The molecule has 0 bridgehead atoms. The second-order valence-electron chi connectivity index (χ2n) is 4.63. The molecule has 0 aromatic carbocycles. The van der Waals surface area contributed by atoms with Crippen molar-refractivity contribution in [3.8, 4) is 0 Å².